The minimum atomic E-state index is -0.841. The van der Waals surface area contributed by atoms with Crippen molar-refractivity contribution in [1.82, 2.24) is 20.5 Å². The fourth-order valence-electron chi connectivity index (χ4n) is 7.52. The van der Waals surface area contributed by atoms with Gasteiger partial charge in [-0.1, -0.05) is 60.7 Å². The Bertz CT molecular complexity index is 2150. The molecule has 5 aromatic rings. The number of amides is 1. The standard InChI is InChI=1S/C44H48N4O8/c49-37-17-15-35(36-16-18-40(51)46-42(36)37)38(50)26-45-21-4-5-24-54-43(52)32-13-11-29(12-14-32)28-55-34-10-6-9-33(25-34)41(31-7-2-1-3-8-31)47-44(53)56-39-27-48-22-19-30(39)20-23-48/h1-3,6-18,25,30,38-39,41,45,49-50H,4-5,19-24,26-28H2,(H,46,51)(H,47,53). The van der Waals surface area contributed by atoms with E-state index in [9.17, 15) is 24.6 Å². The first-order chi connectivity index (χ1) is 27.3. The lowest BCUT2D eigenvalue weighted by Gasteiger charge is -2.43. The summed E-state index contributed by atoms with van der Waals surface area (Å²) in [6.45, 7) is 4.38. The van der Waals surface area contributed by atoms with Crippen LogP contribution in [0.1, 0.15) is 70.4 Å². The Morgan fingerprint density at radius 2 is 1.68 bits per heavy atom. The zero-order chi connectivity index (χ0) is 38.9. The lowest BCUT2D eigenvalue weighted by Crippen LogP contribution is -2.52. The Hall–Kier alpha value is -5.69. The second-order valence-corrected chi connectivity index (χ2v) is 14.5. The maximum absolute atomic E-state index is 13.2. The number of aromatic nitrogens is 1. The number of H-pyrrole nitrogens is 1. The largest absolute Gasteiger partial charge is 0.506 e. The van der Waals surface area contributed by atoms with Gasteiger partial charge < -0.3 is 40.0 Å². The van der Waals surface area contributed by atoms with Crippen LogP contribution >= 0.6 is 0 Å². The van der Waals surface area contributed by atoms with Crippen LogP contribution in [0.15, 0.2) is 108 Å². The number of nitrogens with zero attached hydrogens (tertiary/aromatic N) is 1. The van der Waals surface area contributed by atoms with Gasteiger partial charge in [0.1, 0.15) is 24.2 Å². The third-order valence-electron chi connectivity index (χ3n) is 10.6. The second kappa shape index (κ2) is 18.3. The molecule has 3 saturated heterocycles. The van der Waals surface area contributed by atoms with Crippen molar-refractivity contribution in [2.24, 2.45) is 5.92 Å². The fraction of sp³-hybridized carbons (Fsp3) is 0.341. The van der Waals surface area contributed by atoms with Gasteiger partial charge in [0, 0.05) is 24.5 Å². The van der Waals surface area contributed by atoms with Gasteiger partial charge in [0.05, 0.1) is 29.8 Å². The molecule has 4 heterocycles. The normalized spacial score (nSPS) is 18.6. The Labute approximate surface area is 325 Å². The summed E-state index contributed by atoms with van der Waals surface area (Å²) in [5.41, 5.74) is 3.69. The van der Waals surface area contributed by atoms with E-state index in [4.69, 9.17) is 14.2 Å². The Morgan fingerprint density at radius 1 is 0.893 bits per heavy atom. The molecule has 0 radical (unpaired) electrons. The predicted octanol–water partition coefficient (Wildman–Crippen LogP) is 5.98. The molecule has 0 aliphatic carbocycles. The van der Waals surface area contributed by atoms with E-state index in [1.54, 1.807) is 24.3 Å². The minimum Gasteiger partial charge on any atom is -0.506 e. The zero-order valence-electron chi connectivity index (χ0n) is 31.2. The van der Waals surface area contributed by atoms with Crippen LogP contribution in [0.25, 0.3) is 10.9 Å². The number of unbranched alkanes of at least 4 members (excludes halogenated alkanes) is 1. The van der Waals surface area contributed by atoms with Crippen LogP contribution < -0.4 is 20.9 Å². The number of piperidine rings is 3. The molecule has 12 heteroatoms. The number of phenols is 1. The second-order valence-electron chi connectivity index (χ2n) is 14.5. The summed E-state index contributed by atoms with van der Waals surface area (Å²) in [4.78, 5) is 42.5. The molecular formula is C44H48N4O8. The minimum absolute atomic E-state index is 0.0542. The van der Waals surface area contributed by atoms with Crippen LogP contribution in [0, 0.1) is 5.92 Å². The highest BCUT2D eigenvalue weighted by atomic mass is 16.6. The molecule has 3 aliphatic rings. The molecule has 0 saturated carbocycles. The van der Waals surface area contributed by atoms with Crippen molar-refractivity contribution in [1.29, 1.82) is 0 Å². The van der Waals surface area contributed by atoms with E-state index in [1.165, 1.54) is 12.1 Å². The van der Waals surface area contributed by atoms with Crippen LogP contribution in [0.2, 0.25) is 0 Å². The molecule has 2 bridgehead atoms. The van der Waals surface area contributed by atoms with Crippen molar-refractivity contribution in [2.45, 2.75) is 50.5 Å². The van der Waals surface area contributed by atoms with Crippen LogP contribution in [-0.4, -0.2) is 77.6 Å². The number of rotatable bonds is 16. The van der Waals surface area contributed by atoms with Crippen molar-refractivity contribution in [3.8, 4) is 11.5 Å². The number of esters is 1. The molecule has 292 valence electrons. The van der Waals surface area contributed by atoms with Crippen LogP contribution in [0.3, 0.4) is 0 Å². The maximum atomic E-state index is 13.2. The molecule has 3 fully saturated rings. The number of aliphatic hydroxyl groups is 1. The van der Waals surface area contributed by atoms with E-state index in [0.29, 0.717) is 46.7 Å². The highest BCUT2D eigenvalue weighted by Crippen LogP contribution is 2.31. The molecule has 3 unspecified atom stereocenters. The summed E-state index contributed by atoms with van der Waals surface area (Å²) in [5.74, 6) is 0.608. The van der Waals surface area contributed by atoms with Gasteiger partial charge in [-0.3, -0.25) is 9.69 Å². The van der Waals surface area contributed by atoms with Gasteiger partial charge in [-0.2, -0.15) is 0 Å². The number of hydrogen-bond acceptors (Lipinski definition) is 10. The number of carbonyl (C=O) groups excluding carboxylic acids is 2. The van der Waals surface area contributed by atoms with E-state index in [0.717, 1.165) is 55.6 Å². The number of fused-ring (bicyclic) bond motifs is 4. The molecule has 8 rings (SSSR count). The number of phenolic OH excluding ortho intramolecular Hbond substituents is 1. The van der Waals surface area contributed by atoms with Gasteiger partial charge in [0.2, 0.25) is 5.56 Å². The van der Waals surface area contributed by atoms with Crippen LogP contribution in [-0.2, 0) is 16.1 Å². The number of hydrogen-bond donors (Lipinski definition) is 5. The first-order valence-corrected chi connectivity index (χ1v) is 19.3. The number of aromatic amines is 1. The first-order valence-electron chi connectivity index (χ1n) is 19.3. The number of pyridine rings is 1. The maximum Gasteiger partial charge on any atom is 0.408 e. The molecular weight excluding hydrogens is 713 g/mol. The third-order valence-corrected chi connectivity index (χ3v) is 10.6. The van der Waals surface area contributed by atoms with Gasteiger partial charge in [-0.25, -0.2) is 9.59 Å². The summed E-state index contributed by atoms with van der Waals surface area (Å²) in [5, 5.41) is 27.7. The number of aliphatic hydroxyl groups excluding tert-OH is 1. The lowest BCUT2D eigenvalue weighted by atomic mass is 9.86. The number of benzene rings is 4. The van der Waals surface area contributed by atoms with Crippen molar-refractivity contribution in [3.63, 3.8) is 0 Å². The Balaban J connectivity index is 0.844. The summed E-state index contributed by atoms with van der Waals surface area (Å²) < 4.78 is 17.6. The molecule has 3 aliphatic heterocycles. The van der Waals surface area contributed by atoms with E-state index in [-0.39, 0.29) is 37.2 Å². The summed E-state index contributed by atoms with van der Waals surface area (Å²) >= 11 is 0. The molecule has 12 nitrogen and oxygen atoms in total. The lowest BCUT2D eigenvalue weighted by molar-refractivity contribution is -0.0336. The first kappa shape index (κ1) is 38.6. The Morgan fingerprint density at radius 3 is 2.45 bits per heavy atom. The summed E-state index contributed by atoms with van der Waals surface area (Å²) in [6.07, 6.45) is 2.15. The average Bonchev–Trinajstić information content (AvgIpc) is 3.23. The number of ether oxygens (including phenoxy) is 3. The quantitative estimate of drug-likeness (QED) is 0.0598. The predicted molar refractivity (Wildman–Crippen MR) is 212 cm³/mol. The van der Waals surface area contributed by atoms with Gasteiger partial charge in [0.15, 0.2) is 0 Å². The van der Waals surface area contributed by atoms with Crippen LogP contribution in [0.4, 0.5) is 4.79 Å². The summed E-state index contributed by atoms with van der Waals surface area (Å²) in [7, 11) is 0. The van der Waals surface area contributed by atoms with Crippen molar-refractivity contribution in [2.75, 3.05) is 39.3 Å². The summed E-state index contributed by atoms with van der Waals surface area (Å²) in [6, 6.07) is 30.2. The molecule has 56 heavy (non-hydrogen) atoms. The molecule has 1 amide bonds. The number of carbonyl (C=O) groups is 2. The monoisotopic (exact) mass is 760 g/mol. The average molecular weight is 761 g/mol. The van der Waals surface area contributed by atoms with Crippen molar-refractivity contribution >= 4 is 23.0 Å². The molecule has 3 atom stereocenters. The van der Waals surface area contributed by atoms with Crippen LogP contribution in [0.5, 0.6) is 11.5 Å². The highest BCUT2D eigenvalue weighted by molar-refractivity contribution is 5.89. The highest BCUT2D eigenvalue weighted by Gasteiger charge is 2.37. The van der Waals surface area contributed by atoms with Gasteiger partial charge in [-0.05, 0) is 110 Å². The SMILES string of the molecule is O=C(NC(c1ccccc1)c1cccc(OCc2ccc(C(=O)OCCCCNCC(O)c3ccc(O)c4[nH]c(=O)ccc34)cc2)c1)OC1CN2CCC1CC2. The van der Waals surface area contributed by atoms with Gasteiger partial charge in [-0.15, -0.1) is 0 Å². The van der Waals surface area contributed by atoms with Crippen molar-refractivity contribution in [3.05, 3.63) is 141 Å². The number of alkyl carbamates (subject to hydrolysis) is 1. The smallest absolute Gasteiger partial charge is 0.408 e. The number of aromatic hydroxyl groups is 1. The van der Waals surface area contributed by atoms with E-state index < -0.39 is 24.2 Å². The molecule has 1 aromatic heterocycles. The third kappa shape index (κ3) is 9.75. The molecule has 5 N–H and O–H groups in total. The number of nitrogens with one attached hydrogen (secondary N) is 3. The molecule has 0 spiro atoms. The molecule has 4 aromatic carbocycles. The fourth-order valence-corrected chi connectivity index (χ4v) is 7.52. The van der Waals surface area contributed by atoms with E-state index >= 15 is 0 Å². The van der Waals surface area contributed by atoms with Crippen molar-refractivity contribution < 1.29 is 34.0 Å². The van der Waals surface area contributed by atoms with Gasteiger partial charge >= 0.3 is 12.1 Å². The topological polar surface area (TPSA) is 162 Å². The van der Waals surface area contributed by atoms with E-state index in [1.807, 2.05) is 66.7 Å². The van der Waals surface area contributed by atoms with E-state index in [2.05, 4.69) is 20.5 Å². The van der Waals surface area contributed by atoms with Gasteiger partial charge in [0.25, 0.3) is 0 Å². The zero-order valence-corrected chi connectivity index (χ0v) is 31.2. The Kier molecular flexibility index (Phi) is 12.6.